The van der Waals surface area contributed by atoms with Crippen molar-refractivity contribution < 1.29 is 19.4 Å². The zero-order chi connectivity index (χ0) is 22.1. The minimum absolute atomic E-state index is 0.0170. The molecule has 1 atom stereocenters. The van der Waals surface area contributed by atoms with Crippen molar-refractivity contribution in [2.75, 3.05) is 12.0 Å². The molecule has 0 radical (unpaired) electrons. The number of methoxy groups -OCH3 is 1. The van der Waals surface area contributed by atoms with E-state index in [1.807, 2.05) is 26.0 Å². The summed E-state index contributed by atoms with van der Waals surface area (Å²) in [5.74, 6) is -1.24. The molecule has 1 aliphatic heterocycles. The minimum atomic E-state index is -0.795. The van der Waals surface area contributed by atoms with Gasteiger partial charge in [-0.3, -0.25) is 19.5 Å². The van der Waals surface area contributed by atoms with E-state index in [1.165, 1.54) is 12.0 Å². The lowest BCUT2D eigenvalue weighted by Crippen LogP contribution is -2.29. The van der Waals surface area contributed by atoms with Crippen LogP contribution in [0, 0.1) is 13.8 Å². The van der Waals surface area contributed by atoms with E-state index in [0.717, 1.165) is 11.1 Å². The van der Waals surface area contributed by atoms with Crippen molar-refractivity contribution in [1.29, 1.82) is 0 Å². The third kappa shape index (κ3) is 3.46. The van der Waals surface area contributed by atoms with E-state index >= 15 is 0 Å². The van der Waals surface area contributed by atoms with Gasteiger partial charge in [0.05, 0.1) is 24.3 Å². The lowest BCUT2D eigenvalue weighted by Gasteiger charge is -2.25. The van der Waals surface area contributed by atoms with Gasteiger partial charge in [0.15, 0.2) is 0 Å². The number of Topliss-reactive ketones (excluding diaryl/α,β-unsaturated/α-hetero) is 1. The lowest BCUT2D eigenvalue weighted by molar-refractivity contribution is -0.132. The lowest BCUT2D eigenvalue weighted by atomic mass is 9.94. The van der Waals surface area contributed by atoms with Crippen molar-refractivity contribution in [2.24, 2.45) is 0 Å². The number of amides is 1. The summed E-state index contributed by atoms with van der Waals surface area (Å²) in [5, 5.41) is 11.4. The van der Waals surface area contributed by atoms with Crippen LogP contribution in [0.3, 0.4) is 0 Å². The topological polar surface area (TPSA) is 79.7 Å². The highest BCUT2D eigenvalue weighted by Crippen LogP contribution is 2.43. The predicted molar refractivity (Wildman–Crippen MR) is 118 cm³/mol. The van der Waals surface area contributed by atoms with Crippen molar-refractivity contribution in [3.63, 3.8) is 0 Å². The Balaban J connectivity index is 2.00. The number of hydrogen-bond acceptors (Lipinski definition) is 5. The molecule has 6 nitrogen and oxygen atoms in total. The standard InChI is InChI=1S/C25H22N2O4/c1-15-13-16(2)24(31-3)19(14-15)22(28)20-21(17-9-11-26-12-10-17)27(25(30)23(20)29)18-7-5-4-6-8-18/h4-14,21,28H,1-3H3/b22-20+. The second-order valence-corrected chi connectivity index (χ2v) is 7.45. The summed E-state index contributed by atoms with van der Waals surface area (Å²) in [4.78, 5) is 31.8. The number of rotatable bonds is 4. The van der Waals surface area contributed by atoms with Crippen LogP contribution in [0.15, 0.2) is 72.6 Å². The first kappa shape index (κ1) is 20.3. The third-order valence-corrected chi connectivity index (χ3v) is 5.38. The van der Waals surface area contributed by atoms with Crippen LogP contribution in [0.25, 0.3) is 5.76 Å². The Bertz CT molecular complexity index is 1190. The summed E-state index contributed by atoms with van der Waals surface area (Å²) < 4.78 is 5.51. The number of anilines is 1. The number of aliphatic hydroxyl groups is 1. The normalized spacial score (nSPS) is 17.8. The second kappa shape index (κ2) is 8.07. The number of ether oxygens (including phenoxy) is 1. The Kier molecular flexibility index (Phi) is 5.29. The maximum atomic E-state index is 13.2. The van der Waals surface area contributed by atoms with Crippen LogP contribution in [0.2, 0.25) is 0 Å². The number of nitrogens with zero attached hydrogens (tertiary/aromatic N) is 2. The first-order valence-corrected chi connectivity index (χ1v) is 9.85. The molecule has 0 spiro atoms. The Morgan fingerprint density at radius 1 is 1.03 bits per heavy atom. The Morgan fingerprint density at radius 2 is 1.71 bits per heavy atom. The SMILES string of the molecule is COc1c(C)cc(C)cc1/C(O)=C1\C(=O)C(=O)N(c2ccccc2)C1c1ccncc1. The molecule has 1 aromatic heterocycles. The van der Waals surface area contributed by atoms with E-state index < -0.39 is 17.7 Å². The number of hydrogen-bond donors (Lipinski definition) is 1. The van der Waals surface area contributed by atoms with Gasteiger partial charge in [-0.05, 0) is 60.9 Å². The van der Waals surface area contributed by atoms with Gasteiger partial charge >= 0.3 is 0 Å². The van der Waals surface area contributed by atoms with Crippen LogP contribution in [0.5, 0.6) is 5.75 Å². The number of pyridine rings is 1. The number of carbonyl (C=O) groups is 2. The largest absolute Gasteiger partial charge is 0.507 e. The molecular weight excluding hydrogens is 392 g/mol. The smallest absolute Gasteiger partial charge is 0.300 e. The highest BCUT2D eigenvalue weighted by Gasteiger charge is 2.47. The predicted octanol–water partition coefficient (Wildman–Crippen LogP) is 4.33. The zero-order valence-electron chi connectivity index (χ0n) is 17.5. The molecule has 3 aromatic rings. The average molecular weight is 414 g/mol. The van der Waals surface area contributed by atoms with E-state index in [-0.39, 0.29) is 11.3 Å². The molecule has 1 amide bonds. The molecule has 1 fully saturated rings. The Hall–Kier alpha value is -3.93. The molecule has 0 saturated carbocycles. The average Bonchev–Trinajstić information content (AvgIpc) is 3.04. The summed E-state index contributed by atoms with van der Waals surface area (Å²) in [7, 11) is 1.51. The molecule has 156 valence electrons. The van der Waals surface area contributed by atoms with E-state index in [4.69, 9.17) is 4.74 Å². The quantitative estimate of drug-likeness (QED) is 0.390. The van der Waals surface area contributed by atoms with Gasteiger partial charge in [0, 0.05) is 18.1 Å². The van der Waals surface area contributed by atoms with Gasteiger partial charge < -0.3 is 9.84 Å². The maximum absolute atomic E-state index is 13.2. The highest BCUT2D eigenvalue weighted by molar-refractivity contribution is 6.51. The number of para-hydroxylation sites is 1. The van der Waals surface area contributed by atoms with Crippen LogP contribution < -0.4 is 9.64 Å². The monoisotopic (exact) mass is 414 g/mol. The fourth-order valence-corrected chi connectivity index (χ4v) is 4.09. The number of aromatic nitrogens is 1. The third-order valence-electron chi connectivity index (χ3n) is 5.38. The van der Waals surface area contributed by atoms with E-state index in [2.05, 4.69) is 4.98 Å². The molecule has 2 heterocycles. The van der Waals surface area contributed by atoms with Gasteiger partial charge in [0.1, 0.15) is 11.5 Å². The van der Waals surface area contributed by atoms with Crippen molar-refractivity contribution in [3.8, 4) is 5.75 Å². The van der Waals surface area contributed by atoms with Crippen molar-refractivity contribution in [1.82, 2.24) is 4.98 Å². The molecular formula is C25H22N2O4. The van der Waals surface area contributed by atoms with E-state index in [1.54, 1.807) is 54.9 Å². The number of aliphatic hydroxyl groups excluding tert-OH is 1. The van der Waals surface area contributed by atoms with Crippen molar-refractivity contribution in [3.05, 3.63) is 94.8 Å². The van der Waals surface area contributed by atoms with Gasteiger partial charge in [-0.2, -0.15) is 0 Å². The molecule has 1 unspecified atom stereocenters. The van der Waals surface area contributed by atoms with Crippen LogP contribution >= 0.6 is 0 Å². The summed E-state index contributed by atoms with van der Waals surface area (Å²) in [6.07, 6.45) is 3.19. The van der Waals surface area contributed by atoms with Crippen LogP contribution in [-0.4, -0.2) is 28.9 Å². The molecule has 4 rings (SSSR count). The molecule has 0 bridgehead atoms. The number of carbonyl (C=O) groups excluding carboxylic acids is 2. The minimum Gasteiger partial charge on any atom is -0.507 e. The van der Waals surface area contributed by atoms with Gasteiger partial charge in [-0.1, -0.05) is 24.3 Å². The number of benzene rings is 2. The molecule has 2 aromatic carbocycles. The summed E-state index contributed by atoms with van der Waals surface area (Å²) in [6.45, 7) is 3.76. The van der Waals surface area contributed by atoms with Crippen LogP contribution in [0.4, 0.5) is 5.69 Å². The highest BCUT2D eigenvalue weighted by atomic mass is 16.5. The molecule has 1 saturated heterocycles. The van der Waals surface area contributed by atoms with E-state index in [9.17, 15) is 14.7 Å². The van der Waals surface area contributed by atoms with Gasteiger partial charge in [0.2, 0.25) is 0 Å². The van der Waals surface area contributed by atoms with Crippen molar-refractivity contribution >= 4 is 23.1 Å². The summed E-state index contributed by atoms with van der Waals surface area (Å²) in [6, 6.07) is 15.3. The van der Waals surface area contributed by atoms with Crippen LogP contribution in [-0.2, 0) is 9.59 Å². The molecule has 1 N–H and O–H groups in total. The fourth-order valence-electron chi connectivity index (χ4n) is 4.09. The summed E-state index contributed by atoms with van der Waals surface area (Å²) in [5.41, 5.74) is 3.36. The molecule has 1 aliphatic rings. The van der Waals surface area contributed by atoms with Crippen molar-refractivity contribution in [2.45, 2.75) is 19.9 Å². The Morgan fingerprint density at radius 3 is 2.35 bits per heavy atom. The molecule has 0 aliphatic carbocycles. The summed E-state index contributed by atoms with van der Waals surface area (Å²) >= 11 is 0. The Labute approximate surface area is 180 Å². The first-order valence-electron chi connectivity index (χ1n) is 9.85. The van der Waals surface area contributed by atoms with Crippen LogP contribution in [0.1, 0.15) is 28.3 Å². The molecule has 31 heavy (non-hydrogen) atoms. The zero-order valence-corrected chi connectivity index (χ0v) is 17.5. The van der Waals surface area contributed by atoms with E-state index in [0.29, 0.717) is 22.6 Å². The number of ketones is 1. The maximum Gasteiger partial charge on any atom is 0.300 e. The first-order chi connectivity index (χ1) is 14.9. The van der Waals surface area contributed by atoms with Gasteiger partial charge in [-0.25, -0.2) is 0 Å². The fraction of sp³-hybridized carbons (Fsp3) is 0.160. The van der Waals surface area contributed by atoms with Gasteiger partial charge in [-0.15, -0.1) is 0 Å². The second-order valence-electron chi connectivity index (χ2n) is 7.45. The van der Waals surface area contributed by atoms with Gasteiger partial charge in [0.25, 0.3) is 11.7 Å². The molecule has 6 heteroatoms. The number of aryl methyl sites for hydroxylation is 2.